The zero-order valence-electron chi connectivity index (χ0n) is 15.6. The van der Waals surface area contributed by atoms with Crippen LogP contribution in [0.3, 0.4) is 0 Å². The Morgan fingerprint density at radius 2 is 1.69 bits per heavy atom. The van der Waals surface area contributed by atoms with E-state index < -0.39 is 11.7 Å². The normalized spacial score (nSPS) is 14.0. The lowest BCUT2D eigenvalue weighted by molar-refractivity contribution is -0.129. The summed E-state index contributed by atoms with van der Waals surface area (Å²) < 4.78 is 5.17. The number of anilines is 1. The zero-order valence-corrected chi connectivity index (χ0v) is 15.6. The fourth-order valence-electron chi connectivity index (χ4n) is 2.64. The molecule has 0 atom stereocenters. The van der Waals surface area contributed by atoms with Crippen LogP contribution in [0.25, 0.3) is 0 Å². The Morgan fingerprint density at radius 1 is 1.08 bits per heavy atom. The highest BCUT2D eigenvalue weighted by atomic mass is 16.6. The van der Waals surface area contributed by atoms with Crippen molar-refractivity contribution in [1.82, 2.24) is 10.2 Å². The third-order valence-corrected chi connectivity index (χ3v) is 3.88. The molecule has 1 aromatic rings. The molecule has 0 unspecified atom stereocenters. The highest BCUT2D eigenvalue weighted by Crippen LogP contribution is 2.13. The molecule has 142 valence electrons. The van der Waals surface area contributed by atoms with E-state index >= 15 is 0 Å². The van der Waals surface area contributed by atoms with Crippen LogP contribution in [-0.4, -0.2) is 48.0 Å². The van der Waals surface area contributed by atoms with Crippen molar-refractivity contribution in [3.63, 3.8) is 0 Å². The van der Waals surface area contributed by atoms with E-state index in [2.05, 4.69) is 10.6 Å². The molecule has 26 heavy (non-hydrogen) atoms. The molecule has 0 aromatic heterocycles. The van der Waals surface area contributed by atoms with Crippen LogP contribution >= 0.6 is 0 Å². The number of rotatable bonds is 5. The summed E-state index contributed by atoms with van der Waals surface area (Å²) in [4.78, 5) is 37.6. The van der Waals surface area contributed by atoms with Crippen molar-refractivity contribution in [2.45, 2.75) is 45.6 Å². The fraction of sp³-hybridized carbons (Fsp3) is 0.526. The molecule has 1 heterocycles. The number of carbonyl (C=O) groups excluding carboxylic acids is 3. The summed E-state index contributed by atoms with van der Waals surface area (Å²) in [6, 6.07) is 6.50. The number of likely N-dealkylation sites (tertiary alicyclic amines) is 1. The molecule has 0 radical (unpaired) electrons. The summed E-state index contributed by atoms with van der Waals surface area (Å²) in [6.45, 7) is 7.31. The summed E-state index contributed by atoms with van der Waals surface area (Å²) in [5.74, 6) is -0.164. The molecule has 2 rings (SSSR count). The van der Waals surface area contributed by atoms with E-state index in [0.29, 0.717) is 24.2 Å². The highest BCUT2D eigenvalue weighted by molar-refractivity contribution is 5.95. The number of hydrogen-bond acceptors (Lipinski definition) is 4. The van der Waals surface area contributed by atoms with E-state index in [-0.39, 0.29) is 11.8 Å². The van der Waals surface area contributed by atoms with Gasteiger partial charge in [0.1, 0.15) is 5.60 Å². The maximum absolute atomic E-state index is 12.1. The van der Waals surface area contributed by atoms with E-state index in [4.69, 9.17) is 4.74 Å². The van der Waals surface area contributed by atoms with Gasteiger partial charge >= 0.3 is 6.09 Å². The summed E-state index contributed by atoms with van der Waals surface area (Å²) in [5.41, 5.74) is 0.435. The second-order valence-electron chi connectivity index (χ2n) is 7.30. The Kier molecular flexibility index (Phi) is 6.60. The number of amides is 3. The minimum atomic E-state index is -0.573. The molecule has 7 nitrogen and oxygen atoms in total. The van der Waals surface area contributed by atoms with E-state index in [1.165, 1.54) is 0 Å². The van der Waals surface area contributed by atoms with Crippen LogP contribution < -0.4 is 10.6 Å². The lowest BCUT2D eigenvalue weighted by atomic mass is 10.2. The smallest absolute Gasteiger partial charge is 0.412 e. The van der Waals surface area contributed by atoms with Gasteiger partial charge in [-0.1, -0.05) is 0 Å². The van der Waals surface area contributed by atoms with Gasteiger partial charge in [-0.25, -0.2) is 4.79 Å². The van der Waals surface area contributed by atoms with Crippen molar-refractivity contribution in [2.24, 2.45) is 0 Å². The summed E-state index contributed by atoms with van der Waals surface area (Å²) in [5, 5.41) is 5.36. The van der Waals surface area contributed by atoms with Gasteiger partial charge in [0, 0.05) is 37.3 Å². The van der Waals surface area contributed by atoms with Crippen LogP contribution in [0.5, 0.6) is 0 Å². The molecule has 3 amide bonds. The van der Waals surface area contributed by atoms with Gasteiger partial charge in [-0.15, -0.1) is 0 Å². The second-order valence-corrected chi connectivity index (χ2v) is 7.30. The Bertz CT molecular complexity index is 644. The Hall–Kier alpha value is -2.57. The molecule has 1 saturated heterocycles. The topological polar surface area (TPSA) is 87.7 Å². The van der Waals surface area contributed by atoms with Crippen molar-refractivity contribution < 1.29 is 19.1 Å². The molecule has 0 bridgehead atoms. The number of carbonyl (C=O) groups is 3. The van der Waals surface area contributed by atoms with Crippen LogP contribution in [0.1, 0.15) is 50.4 Å². The number of ether oxygens (including phenoxy) is 1. The molecular weight excluding hydrogens is 334 g/mol. The van der Waals surface area contributed by atoms with Crippen molar-refractivity contribution in [2.75, 3.05) is 25.0 Å². The first kappa shape index (κ1) is 19.8. The molecule has 1 fully saturated rings. The first-order valence-corrected chi connectivity index (χ1v) is 8.91. The molecule has 0 saturated carbocycles. The van der Waals surface area contributed by atoms with Crippen LogP contribution in [0.4, 0.5) is 10.5 Å². The van der Waals surface area contributed by atoms with E-state index in [0.717, 1.165) is 25.9 Å². The maximum Gasteiger partial charge on any atom is 0.412 e. The maximum atomic E-state index is 12.1. The minimum absolute atomic E-state index is 0.0831. The average Bonchev–Trinajstić information content (AvgIpc) is 3.08. The van der Waals surface area contributed by atoms with Crippen molar-refractivity contribution in [1.29, 1.82) is 0 Å². The van der Waals surface area contributed by atoms with Crippen molar-refractivity contribution in [3.05, 3.63) is 29.8 Å². The minimum Gasteiger partial charge on any atom is -0.444 e. The summed E-state index contributed by atoms with van der Waals surface area (Å²) >= 11 is 0. The van der Waals surface area contributed by atoms with E-state index in [1.807, 2.05) is 4.90 Å². The first-order chi connectivity index (χ1) is 12.2. The quantitative estimate of drug-likeness (QED) is 0.844. The number of benzene rings is 1. The molecule has 2 N–H and O–H groups in total. The number of hydrogen-bond donors (Lipinski definition) is 2. The van der Waals surface area contributed by atoms with Gasteiger partial charge < -0.3 is 15.0 Å². The Labute approximate surface area is 154 Å². The van der Waals surface area contributed by atoms with Gasteiger partial charge in [-0.2, -0.15) is 0 Å². The van der Waals surface area contributed by atoms with Gasteiger partial charge in [0.2, 0.25) is 5.91 Å². The monoisotopic (exact) mass is 361 g/mol. The number of nitrogens with zero attached hydrogens (tertiary/aromatic N) is 1. The van der Waals surface area contributed by atoms with Gasteiger partial charge in [0.05, 0.1) is 0 Å². The Morgan fingerprint density at radius 3 is 2.27 bits per heavy atom. The molecule has 1 aliphatic rings. The van der Waals surface area contributed by atoms with Gasteiger partial charge in [0.15, 0.2) is 0 Å². The zero-order chi connectivity index (χ0) is 19.2. The van der Waals surface area contributed by atoms with Gasteiger partial charge in [0.25, 0.3) is 5.91 Å². The average molecular weight is 361 g/mol. The lowest BCUT2D eigenvalue weighted by Crippen LogP contribution is -2.32. The standard InChI is InChI=1S/C19H27N3O4/c1-19(2,3)26-18(25)21-15-8-6-14(7-9-15)17(24)20-11-10-16(23)22-12-4-5-13-22/h6-9H,4-5,10-13H2,1-3H3,(H,20,24)(H,21,25). The SMILES string of the molecule is CC(C)(C)OC(=O)Nc1ccc(C(=O)NCCC(=O)N2CCCC2)cc1. The van der Waals surface area contributed by atoms with E-state index in [9.17, 15) is 14.4 Å². The third-order valence-electron chi connectivity index (χ3n) is 3.88. The van der Waals surface area contributed by atoms with E-state index in [1.54, 1.807) is 45.0 Å². The van der Waals surface area contributed by atoms with Gasteiger partial charge in [-0.3, -0.25) is 14.9 Å². The molecule has 0 aliphatic carbocycles. The van der Waals surface area contributed by atoms with Crippen LogP contribution in [0.15, 0.2) is 24.3 Å². The fourth-order valence-corrected chi connectivity index (χ4v) is 2.64. The highest BCUT2D eigenvalue weighted by Gasteiger charge is 2.18. The molecule has 7 heteroatoms. The third kappa shape index (κ3) is 6.38. The predicted octanol–water partition coefficient (Wildman–Crippen LogP) is 2.78. The van der Waals surface area contributed by atoms with Gasteiger partial charge in [-0.05, 0) is 57.9 Å². The van der Waals surface area contributed by atoms with Crippen LogP contribution in [0, 0.1) is 0 Å². The molecule has 0 spiro atoms. The predicted molar refractivity (Wildman–Crippen MR) is 99.1 cm³/mol. The van der Waals surface area contributed by atoms with Crippen LogP contribution in [-0.2, 0) is 9.53 Å². The Balaban J connectivity index is 1.77. The summed E-state index contributed by atoms with van der Waals surface area (Å²) in [7, 11) is 0. The van der Waals surface area contributed by atoms with Crippen LogP contribution in [0.2, 0.25) is 0 Å². The second kappa shape index (κ2) is 8.69. The lowest BCUT2D eigenvalue weighted by Gasteiger charge is -2.19. The van der Waals surface area contributed by atoms with Crippen molar-refractivity contribution >= 4 is 23.6 Å². The molecule has 1 aromatic carbocycles. The number of nitrogens with one attached hydrogen (secondary N) is 2. The summed E-state index contributed by atoms with van der Waals surface area (Å²) in [6.07, 6.45) is 1.88. The van der Waals surface area contributed by atoms with Crippen molar-refractivity contribution in [3.8, 4) is 0 Å². The molecule has 1 aliphatic heterocycles. The first-order valence-electron chi connectivity index (χ1n) is 8.91. The largest absolute Gasteiger partial charge is 0.444 e. The molecular formula is C19H27N3O4.